The van der Waals surface area contributed by atoms with Crippen LogP contribution in [0.5, 0.6) is 0 Å². The summed E-state index contributed by atoms with van der Waals surface area (Å²) in [5, 5.41) is 3.12. The van der Waals surface area contributed by atoms with Crippen molar-refractivity contribution in [3.05, 3.63) is 0 Å². The van der Waals surface area contributed by atoms with Crippen LogP contribution in [-0.2, 0) is 0 Å². The number of rotatable bonds is 2. The first-order valence-corrected chi connectivity index (χ1v) is 7.74. The van der Waals surface area contributed by atoms with E-state index in [0.29, 0.717) is 5.92 Å². The summed E-state index contributed by atoms with van der Waals surface area (Å²) in [7, 11) is 0. The lowest BCUT2D eigenvalue weighted by Crippen LogP contribution is -2.48. The molecule has 2 atom stereocenters. The van der Waals surface area contributed by atoms with Crippen LogP contribution in [0.3, 0.4) is 0 Å². The second kappa shape index (κ2) is 5.51. The average molecular weight is 256 g/mol. The van der Waals surface area contributed by atoms with Gasteiger partial charge in [0.15, 0.2) is 0 Å². The monoisotopic (exact) mass is 256 g/mol. The van der Waals surface area contributed by atoms with E-state index in [0.717, 1.165) is 26.1 Å². The van der Waals surface area contributed by atoms with Gasteiger partial charge in [0.1, 0.15) is 0 Å². The molecule has 17 heavy (non-hydrogen) atoms. The van der Waals surface area contributed by atoms with Gasteiger partial charge in [-0.05, 0) is 44.3 Å². The molecule has 2 heterocycles. The molecule has 0 saturated carbocycles. The van der Waals surface area contributed by atoms with Crippen LogP contribution < -0.4 is 5.32 Å². The first-order chi connectivity index (χ1) is 8.09. The van der Waals surface area contributed by atoms with Gasteiger partial charge in [-0.2, -0.15) is 11.8 Å². The fourth-order valence-corrected chi connectivity index (χ4v) is 3.97. The topological polar surface area (TPSA) is 32.3 Å². The van der Waals surface area contributed by atoms with Crippen molar-refractivity contribution >= 4 is 17.8 Å². The molecule has 4 heteroatoms. The van der Waals surface area contributed by atoms with Gasteiger partial charge in [0.25, 0.3) is 0 Å². The number of likely N-dealkylation sites (tertiary alicyclic amines) is 1. The Morgan fingerprint density at radius 1 is 1.53 bits per heavy atom. The summed E-state index contributed by atoms with van der Waals surface area (Å²) in [4.78, 5) is 14.0. The Bertz CT molecular complexity index is 277. The molecule has 0 aromatic carbocycles. The second-order valence-corrected chi connectivity index (χ2v) is 7.44. The van der Waals surface area contributed by atoms with Crippen molar-refractivity contribution in [1.29, 1.82) is 0 Å². The lowest BCUT2D eigenvalue weighted by Gasteiger charge is -2.32. The molecule has 2 rings (SSSR count). The Balaban J connectivity index is 1.76. The number of urea groups is 1. The Kier molecular flexibility index (Phi) is 4.23. The molecular weight excluding hydrogens is 232 g/mol. The maximum atomic E-state index is 12.0. The molecule has 0 aliphatic carbocycles. The minimum absolute atomic E-state index is 0.144. The lowest BCUT2D eigenvalue weighted by molar-refractivity contribution is 0.169. The van der Waals surface area contributed by atoms with Crippen LogP contribution in [0.2, 0.25) is 0 Å². The molecule has 2 fully saturated rings. The molecular formula is C13H24N2OS. The number of thioether (sulfide) groups is 1. The highest BCUT2D eigenvalue weighted by Crippen LogP contribution is 2.36. The summed E-state index contributed by atoms with van der Waals surface area (Å²) in [6.07, 6.45) is 4.93. The van der Waals surface area contributed by atoms with E-state index in [9.17, 15) is 4.79 Å². The van der Waals surface area contributed by atoms with Crippen LogP contribution in [0.15, 0.2) is 0 Å². The summed E-state index contributed by atoms with van der Waals surface area (Å²) in [6.45, 7) is 7.18. The molecule has 2 aliphatic heterocycles. The van der Waals surface area contributed by atoms with Gasteiger partial charge in [-0.25, -0.2) is 4.79 Å². The smallest absolute Gasteiger partial charge is 0.317 e. The van der Waals surface area contributed by atoms with E-state index in [1.807, 2.05) is 16.7 Å². The van der Waals surface area contributed by atoms with Gasteiger partial charge in [0, 0.05) is 24.4 Å². The molecule has 2 unspecified atom stereocenters. The highest BCUT2D eigenvalue weighted by Gasteiger charge is 2.30. The van der Waals surface area contributed by atoms with Crippen molar-refractivity contribution in [3.8, 4) is 0 Å². The van der Waals surface area contributed by atoms with Crippen LogP contribution in [0.1, 0.15) is 39.5 Å². The zero-order valence-corrected chi connectivity index (χ0v) is 11.8. The Hall–Kier alpha value is -0.380. The third-order valence-electron chi connectivity index (χ3n) is 3.86. The fourth-order valence-electron chi connectivity index (χ4n) is 2.72. The molecule has 1 N–H and O–H groups in total. The molecule has 2 aliphatic rings. The van der Waals surface area contributed by atoms with Gasteiger partial charge in [0.05, 0.1) is 0 Å². The minimum Gasteiger partial charge on any atom is -0.337 e. The Morgan fingerprint density at radius 3 is 3.00 bits per heavy atom. The molecule has 0 aromatic rings. The number of hydrogen-bond acceptors (Lipinski definition) is 2. The van der Waals surface area contributed by atoms with Crippen molar-refractivity contribution in [1.82, 2.24) is 10.2 Å². The summed E-state index contributed by atoms with van der Waals surface area (Å²) in [6, 6.07) is 0.144. The fraction of sp³-hybridized carbons (Fsp3) is 0.923. The molecule has 2 amide bonds. The SMILES string of the molecule is CC1CCCN(C(=O)NCC2(C)CCCS2)C1. The van der Waals surface area contributed by atoms with Crippen LogP contribution in [-0.4, -0.2) is 41.1 Å². The number of piperidine rings is 1. The van der Waals surface area contributed by atoms with Gasteiger partial charge in [-0.15, -0.1) is 0 Å². The predicted octanol–water partition coefficient (Wildman–Crippen LogP) is 2.71. The first-order valence-electron chi connectivity index (χ1n) is 6.76. The summed E-state index contributed by atoms with van der Waals surface area (Å²) >= 11 is 2.00. The van der Waals surface area contributed by atoms with Crippen molar-refractivity contribution in [2.45, 2.75) is 44.3 Å². The van der Waals surface area contributed by atoms with E-state index in [1.54, 1.807) is 0 Å². The Labute approximate surface area is 109 Å². The van der Waals surface area contributed by atoms with Crippen molar-refractivity contribution in [3.63, 3.8) is 0 Å². The van der Waals surface area contributed by atoms with Crippen LogP contribution >= 0.6 is 11.8 Å². The maximum Gasteiger partial charge on any atom is 0.317 e. The third-order valence-corrected chi connectivity index (χ3v) is 5.40. The summed E-state index contributed by atoms with van der Waals surface area (Å²) < 4.78 is 0.275. The highest BCUT2D eigenvalue weighted by molar-refractivity contribution is 8.00. The average Bonchev–Trinajstić information content (AvgIpc) is 2.74. The van der Waals surface area contributed by atoms with E-state index in [4.69, 9.17) is 0 Å². The Morgan fingerprint density at radius 2 is 2.35 bits per heavy atom. The van der Waals surface area contributed by atoms with E-state index in [2.05, 4.69) is 19.2 Å². The van der Waals surface area contributed by atoms with E-state index < -0.39 is 0 Å². The quantitative estimate of drug-likeness (QED) is 0.824. The molecule has 0 radical (unpaired) electrons. The molecule has 0 spiro atoms. The van der Waals surface area contributed by atoms with Gasteiger partial charge in [0.2, 0.25) is 0 Å². The highest BCUT2D eigenvalue weighted by atomic mass is 32.2. The van der Waals surface area contributed by atoms with Gasteiger partial charge in [-0.1, -0.05) is 6.92 Å². The van der Waals surface area contributed by atoms with Crippen molar-refractivity contribution in [2.75, 3.05) is 25.4 Å². The minimum atomic E-state index is 0.144. The normalized spacial score (nSPS) is 33.8. The van der Waals surface area contributed by atoms with Crippen LogP contribution in [0.25, 0.3) is 0 Å². The molecule has 3 nitrogen and oxygen atoms in total. The first kappa shape index (κ1) is 13.1. The van der Waals surface area contributed by atoms with Gasteiger partial charge in [-0.3, -0.25) is 0 Å². The number of hydrogen-bond donors (Lipinski definition) is 1. The number of nitrogens with zero attached hydrogens (tertiary/aromatic N) is 1. The lowest BCUT2D eigenvalue weighted by atomic mass is 10.0. The van der Waals surface area contributed by atoms with E-state index in [-0.39, 0.29) is 10.8 Å². The maximum absolute atomic E-state index is 12.0. The molecule has 0 aromatic heterocycles. The molecule has 2 saturated heterocycles. The standard InChI is InChI=1S/C13H24N2OS/c1-11-5-3-7-15(9-11)12(16)14-10-13(2)6-4-8-17-13/h11H,3-10H2,1-2H3,(H,14,16). The van der Waals surface area contributed by atoms with Crippen molar-refractivity contribution < 1.29 is 4.79 Å². The van der Waals surface area contributed by atoms with Crippen LogP contribution in [0, 0.1) is 5.92 Å². The number of amides is 2. The summed E-state index contributed by atoms with van der Waals surface area (Å²) in [5.41, 5.74) is 0. The largest absolute Gasteiger partial charge is 0.337 e. The zero-order chi connectivity index (χ0) is 12.3. The van der Waals surface area contributed by atoms with Crippen LogP contribution in [0.4, 0.5) is 4.79 Å². The zero-order valence-electron chi connectivity index (χ0n) is 11.0. The van der Waals surface area contributed by atoms with Gasteiger partial charge < -0.3 is 10.2 Å². The third kappa shape index (κ3) is 3.54. The number of carbonyl (C=O) groups excluding carboxylic acids is 1. The van der Waals surface area contributed by atoms with Gasteiger partial charge >= 0.3 is 6.03 Å². The summed E-state index contributed by atoms with van der Waals surface area (Å²) in [5.74, 6) is 1.90. The second-order valence-electron chi connectivity index (χ2n) is 5.75. The van der Waals surface area contributed by atoms with Crippen molar-refractivity contribution in [2.24, 2.45) is 5.92 Å². The molecule has 98 valence electrons. The van der Waals surface area contributed by atoms with E-state index >= 15 is 0 Å². The van der Waals surface area contributed by atoms with E-state index in [1.165, 1.54) is 25.0 Å². The molecule has 0 bridgehead atoms. The predicted molar refractivity (Wildman–Crippen MR) is 73.5 cm³/mol. The number of nitrogens with one attached hydrogen (secondary N) is 1. The number of carbonyl (C=O) groups is 1.